The van der Waals surface area contributed by atoms with E-state index < -0.39 is 5.54 Å². The molecule has 0 fully saturated rings. The van der Waals surface area contributed by atoms with Gasteiger partial charge in [0.1, 0.15) is 5.65 Å². The Bertz CT molecular complexity index is 769. The molecule has 102 valence electrons. The highest BCUT2D eigenvalue weighted by atomic mass is 35.5. The number of H-pyrrole nitrogens is 1. The van der Waals surface area contributed by atoms with Crippen molar-refractivity contribution in [2.75, 3.05) is 0 Å². The van der Waals surface area contributed by atoms with E-state index in [9.17, 15) is 0 Å². The molecule has 4 heteroatoms. The van der Waals surface area contributed by atoms with Crippen LogP contribution in [0.5, 0.6) is 0 Å². The van der Waals surface area contributed by atoms with Crippen molar-refractivity contribution in [2.24, 2.45) is 5.73 Å². The predicted molar refractivity (Wildman–Crippen MR) is 83.8 cm³/mol. The SMILES string of the molecule is CC(C)(N)c1ccc(-c2ccnc3[nH]ccc23)cc1Cl. The average molecular weight is 286 g/mol. The Morgan fingerprint density at radius 2 is 2.00 bits per heavy atom. The van der Waals surface area contributed by atoms with Gasteiger partial charge in [-0.15, -0.1) is 0 Å². The molecule has 0 aliphatic rings. The fraction of sp³-hybridized carbons (Fsp3) is 0.188. The first-order valence-corrected chi connectivity index (χ1v) is 6.86. The minimum Gasteiger partial charge on any atom is -0.346 e. The van der Waals surface area contributed by atoms with Crippen LogP contribution in [0, 0.1) is 0 Å². The lowest BCUT2D eigenvalue weighted by Gasteiger charge is -2.21. The molecule has 0 bridgehead atoms. The Morgan fingerprint density at radius 3 is 2.70 bits per heavy atom. The zero-order valence-corrected chi connectivity index (χ0v) is 12.2. The van der Waals surface area contributed by atoms with E-state index in [0.29, 0.717) is 5.02 Å². The number of aromatic amines is 1. The molecule has 3 nitrogen and oxygen atoms in total. The van der Waals surface area contributed by atoms with Gasteiger partial charge in [0.2, 0.25) is 0 Å². The summed E-state index contributed by atoms with van der Waals surface area (Å²) in [7, 11) is 0. The lowest BCUT2D eigenvalue weighted by molar-refractivity contribution is 0.555. The van der Waals surface area contributed by atoms with E-state index in [4.69, 9.17) is 17.3 Å². The van der Waals surface area contributed by atoms with Crippen LogP contribution in [0.4, 0.5) is 0 Å². The maximum absolute atomic E-state index is 6.39. The van der Waals surface area contributed by atoms with Gasteiger partial charge in [0.05, 0.1) is 0 Å². The first-order valence-electron chi connectivity index (χ1n) is 6.48. The minimum absolute atomic E-state index is 0.447. The number of hydrogen-bond donors (Lipinski definition) is 2. The Kier molecular flexibility index (Phi) is 3.04. The number of fused-ring (bicyclic) bond motifs is 1. The van der Waals surface area contributed by atoms with Gasteiger partial charge in [0.25, 0.3) is 0 Å². The first kappa shape index (κ1) is 13.2. The highest BCUT2D eigenvalue weighted by Crippen LogP contribution is 2.33. The lowest BCUT2D eigenvalue weighted by Crippen LogP contribution is -2.28. The number of halogens is 1. The maximum atomic E-state index is 6.39. The second-order valence-corrected chi connectivity index (χ2v) is 5.92. The van der Waals surface area contributed by atoms with Gasteiger partial charge in [0.15, 0.2) is 0 Å². The zero-order chi connectivity index (χ0) is 14.3. The van der Waals surface area contributed by atoms with Gasteiger partial charge in [-0.1, -0.05) is 23.7 Å². The van der Waals surface area contributed by atoms with Crippen molar-refractivity contribution in [3.8, 4) is 11.1 Å². The van der Waals surface area contributed by atoms with Gasteiger partial charge in [-0.3, -0.25) is 0 Å². The topological polar surface area (TPSA) is 54.7 Å². The molecule has 3 aromatic rings. The third-order valence-electron chi connectivity index (χ3n) is 3.43. The van der Waals surface area contributed by atoms with E-state index in [1.807, 2.05) is 44.3 Å². The summed E-state index contributed by atoms with van der Waals surface area (Å²) in [5, 5.41) is 1.78. The molecular formula is C16H16ClN3. The Hall–Kier alpha value is -1.84. The van der Waals surface area contributed by atoms with Crippen LogP contribution < -0.4 is 5.73 Å². The van der Waals surface area contributed by atoms with Gasteiger partial charge in [-0.05, 0) is 48.7 Å². The number of nitrogens with one attached hydrogen (secondary N) is 1. The fourth-order valence-electron chi connectivity index (χ4n) is 2.42. The average Bonchev–Trinajstić information content (AvgIpc) is 2.85. The van der Waals surface area contributed by atoms with Crippen molar-refractivity contribution in [1.29, 1.82) is 0 Å². The molecule has 0 amide bonds. The monoisotopic (exact) mass is 285 g/mol. The Labute approximate surface area is 122 Å². The minimum atomic E-state index is -0.447. The van der Waals surface area contributed by atoms with Crippen LogP contribution in [-0.2, 0) is 5.54 Å². The van der Waals surface area contributed by atoms with Crippen LogP contribution >= 0.6 is 11.6 Å². The molecule has 2 aromatic heterocycles. The molecule has 0 saturated carbocycles. The van der Waals surface area contributed by atoms with Gasteiger partial charge in [0, 0.05) is 28.3 Å². The Balaban J connectivity index is 2.16. The highest BCUT2D eigenvalue weighted by Gasteiger charge is 2.18. The molecule has 3 rings (SSSR count). The molecule has 0 atom stereocenters. The second kappa shape index (κ2) is 4.62. The van der Waals surface area contributed by atoms with Gasteiger partial charge in [-0.2, -0.15) is 0 Å². The summed E-state index contributed by atoms with van der Waals surface area (Å²) in [5.41, 5.74) is 9.67. The highest BCUT2D eigenvalue weighted by molar-refractivity contribution is 6.31. The quantitative estimate of drug-likeness (QED) is 0.745. The summed E-state index contributed by atoms with van der Waals surface area (Å²) in [6.45, 7) is 3.90. The maximum Gasteiger partial charge on any atom is 0.137 e. The number of benzene rings is 1. The van der Waals surface area contributed by atoms with Crippen LogP contribution in [0.3, 0.4) is 0 Å². The van der Waals surface area contributed by atoms with E-state index >= 15 is 0 Å². The van der Waals surface area contributed by atoms with Crippen molar-refractivity contribution in [3.05, 3.63) is 53.3 Å². The summed E-state index contributed by atoms with van der Waals surface area (Å²) < 4.78 is 0. The van der Waals surface area contributed by atoms with Crippen LogP contribution in [0.2, 0.25) is 5.02 Å². The van der Waals surface area contributed by atoms with Crippen molar-refractivity contribution in [1.82, 2.24) is 9.97 Å². The predicted octanol–water partition coefficient (Wildman–Crippen LogP) is 4.08. The molecule has 20 heavy (non-hydrogen) atoms. The third-order valence-corrected chi connectivity index (χ3v) is 3.75. The molecule has 0 saturated heterocycles. The van der Waals surface area contributed by atoms with Gasteiger partial charge in [-0.25, -0.2) is 4.98 Å². The summed E-state index contributed by atoms with van der Waals surface area (Å²) in [6.07, 6.45) is 3.68. The molecule has 0 aliphatic carbocycles. The fourth-order valence-corrected chi connectivity index (χ4v) is 2.84. The number of nitrogens with zero attached hydrogens (tertiary/aromatic N) is 1. The number of hydrogen-bond acceptors (Lipinski definition) is 2. The molecular weight excluding hydrogens is 270 g/mol. The molecule has 1 aromatic carbocycles. The van der Waals surface area contributed by atoms with Crippen molar-refractivity contribution < 1.29 is 0 Å². The van der Waals surface area contributed by atoms with Crippen molar-refractivity contribution in [2.45, 2.75) is 19.4 Å². The number of aromatic nitrogens is 2. The van der Waals surface area contributed by atoms with Gasteiger partial charge >= 0.3 is 0 Å². The largest absolute Gasteiger partial charge is 0.346 e. The summed E-state index contributed by atoms with van der Waals surface area (Å²) >= 11 is 6.39. The normalized spacial score (nSPS) is 12.0. The standard InChI is InChI=1S/C16H16ClN3/c1-16(2,18)13-4-3-10(9-14(13)17)11-5-7-19-15-12(11)6-8-20-15/h3-9H,18H2,1-2H3,(H,19,20). The van der Waals surface area contributed by atoms with Crippen LogP contribution in [0.1, 0.15) is 19.4 Å². The molecule has 0 aliphatic heterocycles. The number of nitrogens with two attached hydrogens (primary N) is 1. The summed E-state index contributed by atoms with van der Waals surface area (Å²) in [6, 6.07) is 10.0. The molecule has 0 radical (unpaired) electrons. The second-order valence-electron chi connectivity index (χ2n) is 5.51. The van der Waals surface area contributed by atoms with E-state index in [0.717, 1.165) is 27.7 Å². The van der Waals surface area contributed by atoms with E-state index in [-0.39, 0.29) is 0 Å². The Morgan fingerprint density at radius 1 is 1.20 bits per heavy atom. The molecule has 0 spiro atoms. The van der Waals surface area contributed by atoms with E-state index in [1.54, 1.807) is 6.20 Å². The van der Waals surface area contributed by atoms with Crippen LogP contribution in [0.15, 0.2) is 42.7 Å². The summed E-state index contributed by atoms with van der Waals surface area (Å²) in [4.78, 5) is 7.41. The smallest absolute Gasteiger partial charge is 0.137 e. The zero-order valence-electron chi connectivity index (χ0n) is 11.4. The molecule has 0 unspecified atom stereocenters. The van der Waals surface area contributed by atoms with Crippen LogP contribution in [-0.4, -0.2) is 9.97 Å². The lowest BCUT2D eigenvalue weighted by atomic mass is 9.93. The van der Waals surface area contributed by atoms with E-state index in [2.05, 4.69) is 16.0 Å². The molecule has 2 heterocycles. The van der Waals surface area contributed by atoms with Crippen LogP contribution in [0.25, 0.3) is 22.2 Å². The first-order chi connectivity index (χ1) is 9.47. The van der Waals surface area contributed by atoms with Crippen molar-refractivity contribution >= 4 is 22.6 Å². The number of pyridine rings is 1. The van der Waals surface area contributed by atoms with Crippen molar-refractivity contribution in [3.63, 3.8) is 0 Å². The molecule has 3 N–H and O–H groups in total. The summed E-state index contributed by atoms with van der Waals surface area (Å²) in [5.74, 6) is 0. The van der Waals surface area contributed by atoms with E-state index in [1.165, 1.54) is 0 Å². The third kappa shape index (κ3) is 2.19. The number of rotatable bonds is 2. The van der Waals surface area contributed by atoms with Gasteiger partial charge < -0.3 is 10.7 Å².